The van der Waals surface area contributed by atoms with Crippen LogP contribution in [0.15, 0.2) is 72.8 Å². The van der Waals surface area contributed by atoms with Crippen molar-refractivity contribution in [3.63, 3.8) is 0 Å². The molecule has 0 spiro atoms. The molecular formula is C28H39NO5Si. The molecule has 0 aliphatic rings. The Morgan fingerprint density at radius 1 is 0.914 bits per heavy atom. The lowest BCUT2D eigenvalue weighted by Crippen LogP contribution is -2.67. The van der Waals surface area contributed by atoms with E-state index in [0.717, 1.165) is 10.4 Å². The Hall–Kier alpha value is -2.90. The summed E-state index contributed by atoms with van der Waals surface area (Å²) in [6.07, 6.45) is 2.34. The van der Waals surface area contributed by atoms with Gasteiger partial charge >= 0.3 is 12.1 Å². The van der Waals surface area contributed by atoms with Gasteiger partial charge in [-0.15, -0.1) is 0 Å². The standard InChI is InChI=1S/C28H39NO5Si/c1-8-32-25(30)20-19-22(29-26(31)34-27(2,3)4)21-33-35(28(5,6)7,23-15-11-9-12-16-23)24-17-13-10-14-18-24/h9-20,22H,8,21H2,1-7H3,(H,29,31)/b20-19+/t22-/m0/s1. The van der Waals surface area contributed by atoms with Crippen LogP contribution in [0.3, 0.4) is 0 Å². The highest BCUT2D eigenvalue weighted by atomic mass is 28.4. The highest BCUT2D eigenvalue weighted by molar-refractivity contribution is 6.99. The SMILES string of the molecule is CCOC(=O)/C=C/[C@@H](CO[Si](c1ccccc1)(c1ccccc1)C(C)(C)C)NC(=O)OC(C)(C)C. The molecule has 2 aromatic rings. The molecule has 0 aliphatic heterocycles. The lowest BCUT2D eigenvalue weighted by molar-refractivity contribution is -0.137. The molecule has 2 aromatic carbocycles. The van der Waals surface area contributed by atoms with Crippen molar-refractivity contribution in [3.8, 4) is 0 Å². The number of carbonyl (C=O) groups excluding carboxylic acids is 2. The van der Waals surface area contributed by atoms with Gasteiger partial charge < -0.3 is 19.2 Å². The monoisotopic (exact) mass is 497 g/mol. The third kappa shape index (κ3) is 8.08. The summed E-state index contributed by atoms with van der Waals surface area (Å²) in [7, 11) is -2.82. The van der Waals surface area contributed by atoms with Crippen LogP contribution >= 0.6 is 0 Å². The van der Waals surface area contributed by atoms with Crippen molar-refractivity contribution < 1.29 is 23.5 Å². The first-order chi connectivity index (χ1) is 16.4. The molecule has 0 bridgehead atoms. The van der Waals surface area contributed by atoms with Gasteiger partial charge in [0.25, 0.3) is 8.32 Å². The average molecular weight is 498 g/mol. The quantitative estimate of drug-likeness (QED) is 0.312. The smallest absolute Gasteiger partial charge is 0.408 e. The van der Waals surface area contributed by atoms with Crippen LogP contribution in [0, 0.1) is 0 Å². The number of ether oxygens (including phenoxy) is 2. The minimum absolute atomic E-state index is 0.155. The fourth-order valence-electron chi connectivity index (χ4n) is 3.97. The van der Waals surface area contributed by atoms with E-state index in [4.69, 9.17) is 13.9 Å². The maximum absolute atomic E-state index is 12.6. The van der Waals surface area contributed by atoms with Crippen molar-refractivity contribution >= 4 is 30.8 Å². The normalized spacial score (nSPS) is 13.3. The summed E-state index contributed by atoms with van der Waals surface area (Å²) in [5.41, 5.74) is -0.654. The van der Waals surface area contributed by atoms with E-state index < -0.39 is 32.0 Å². The first-order valence-corrected chi connectivity index (χ1v) is 13.9. The molecule has 35 heavy (non-hydrogen) atoms. The number of rotatable bonds is 9. The second kappa shape index (κ2) is 12.2. The topological polar surface area (TPSA) is 73.9 Å². The van der Waals surface area contributed by atoms with Crippen molar-refractivity contribution in [1.82, 2.24) is 5.32 Å². The van der Waals surface area contributed by atoms with Crippen LogP contribution in [-0.4, -0.2) is 45.2 Å². The molecule has 0 aliphatic carbocycles. The predicted molar refractivity (Wildman–Crippen MR) is 143 cm³/mol. The Morgan fingerprint density at radius 2 is 1.43 bits per heavy atom. The fraction of sp³-hybridized carbons (Fsp3) is 0.429. The number of benzene rings is 2. The summed E-state index contributed by atoms with van der Waals surface area (Å²) >= 11 is 0. The Morgan fingerprint density at radius 3 is 1.86 bits per heavy atom. The first kappa shape index (κ1) is 28.3. The average Bonchev–Trinajstić information content (AvgIpc) is 2.77. The van der Waals surface area contributed by atoms with E-state index in [0.29, 0.717) is 0 Å². The number of esters is 1. The molecule has 2 rings (SSSR count). The van der Waals surface area contributed by atoms with Crippen molar-refractivity contribution in [2.75, 3.05) is 13.2 Å². The first-order valence-electron chi connectivity index (χ1n) is 12.0. The van der Waals surface area contributed by atoms with Crippen molar-refractivity contribution in [2.24, 2.45) is 0 Å². The van der Waals surface area contributed by atoms with E-state index in [-0.39, 0.29) is 18.3 Å². The molecule has 1 N–H and O–H groups in total. The Labute approximate surface area is 210 Å². The zero-order chi connectivity index (χ0) is 26.1. The van der Waals surface area contributed by atoms with Gasteiger partial charge in [-0.05, 0) is 43.1 Å². The van der Waals surface area contributed by atoms with Crippen LogP contribution < -0.4 is 15.7 Å². The zero-order valence-corrected chi connectivity index (χ0v) is 23.0. The molecule has 7 heteroatoms. The third-order valence-corrected chi connectivity index (χ3v) is 10.4. The van der Waals surface area contributed by atoms with Crippen LogP contribution in [0.25, 0.3) is 0 Å². The maximum atomic E-state index is 12.6. The third-order valence-electron chi connectivity index (χ3n) is 5.35. The van der Waals surface area contributed by atoms with E-state index in [1.54, 1.807) is 33.8 Å². The van der Waals surface area contributed by atoms with Crippen molar-refractivity contribution in [1.29, 1.82) is 0 Å². The second-order valence-corrected chi connectivity index (χ2v) is 14.6. The minimum Gasteiger partial charge on any atom is -0.463 e. The molecule has 1 atom stereocenters. The Kier molecular flexibility index (Phi) is 9.86. The van der Waals surface area contributed by atoms with Crippen LogP contribution in [0.4, 0.5) is 4.79 Å². The lowest BCUT2D eigenvalue weighted by Gasteiger charge is -2.43. The van der Waals surface area contributed by atoms with Crippen LogP contribution in [0.1, 0.15) is 48.5 Å². The number of hydrogen-bond acceptors (Lipinski definition) is 5. The summed E-state index contributed by atoms with van der Waals surface area (Å²) in [6.45, 7) is 14.1. The molecule has 0 unspecified atom stereocenters. The van der Waals surface area contributed by atoms with Gasteiger partial charge in [0, 0.05) is 6.08 Å². The lowest BCUT2D eigenvalue weighted by atomic mass is 10.2. The van der Waals surface area contributed by atoms with E-state index in [2.05, 4.69) is 50.4 Å². The van der Waals surface area contributed by atoms with Crippen LogP contribution in [0.5, 0.6) is 0 Å². The van der Waals surface area contributed by atoms with Gasteiger partial charge in [0.2, 0.25) is 0 Å². The maximum Gasteiger partial charge on any atom is 0.408 e. The number of amides is 1. The Bertz CT molecular complexity index is 938. The van der Waals surface area contributed by atoms with E-state index >= 15 is 0 Å². The van der Waals surface area contributed by atoms with Crippen molar-refractivity contribution in [3.05, 3.63) is 72.8 Å². The van der Waals surface area contributed by atoms with Gasteiger partial charge in [0.1, 0.15) is 5.60 Å². The molecule has 190 valence electrons. The number of nitrogens with one attached hydrogen (secondary N) is 1. The number of hydrogen-bond donors (Lipinski definition) is 1. The summed E-state index contributed by atoms with van der Waals surface area (Å²) in [5.74, 6) is -0.478. The molecule has 0 radical (unpaired) electrons. The molecule has 0 fully saturated rings. The summed E-state index contributed by atoms with van der Waals surface area (Å²) in [6, 6.07) is 19.9. The summed E-state index contributed by atoms with van der Waals surface area (Å²) < 4.78 is 17.4. The van der Waals surface area contributed by atoms with Gasteiger partial charge in [-0.3, -0.25) is 0 Å². The van der Waals surface area contributed by atoms with E-state index in [1.807, 2.05) is 36.4 Å². The molecule has 6 nitrogen and oxygen atoms in total. The van der Waals surface area contributed by atoms with Crippen molar-refractivity contribution in [2.45, 2.75) is 65.1 Å². The number of carbonyl (C=O) groups is 2. The molecule has 0 aromatic heterocycles. The molecule has 1 amide bonds. The van der Waals surface area contributed by atoms with Gasteiger partial charge in [-0.2, -0.15) is 0 Å². The fourth-order valence-corrected chi connectivity index (χ4v) is 8.55. The molecule has 0 heterocycles. The van der Waals surface area contributed by atoms with Gasteiger partial charge in [-0.1, -0.05) is 87.5 Å². The van der Waals surface area contributed by atoms with Gasteiger partial charge in [0.15, 0.2) is 0 Å². The van der Waals surface area contributed by atoms with Gasteiger partial charge in [0.05, 0.1) is 19.3 Å². The molecular weight excluding hydrogens is 458 g/mol. The molecule has 0 saturated heterocycles. The van der Waals surface area contributed by atoms with E-state index in [9.17, 15) is 9.59 Å². The van der Waals surface area contributed by atoms with E-state index in [1.165, 1.54) is 6.08 Å². The zero-order valence-electron chi connectivity index (χ0n) is 22.0. The van der Waals surface area contributed by atoms with Gasteiger partial charge in [-0.25, -0.2) is 9.59 Å². The predicted octanol–water partition coefficient (Wildman–Crippen LogP) is 4.58. The Balaban J connectivity index is 2.46. The largest absolute Gasteiger partial charge is 0.463 e. The van der Waals surface area contributed by atoms with Crippen LogP contribution in [-0.2, 0) is 18.7 Å². The highest BCUT2D eigenvalue weighted by Crippen LogP contribution is 2.36. The van der Waals surface area contributed by atoms with Crippen LogP contribution in [0.2, 0.25) is 5.04 Å². The summed E-state index contributed by atoms with van der Waals surface area (Å²) in [5, 5.41) is 4.87. The highest BCUT2D eigenvalue weighted by Gasteiger charge is 2.50. The second-order valence-electron chi connectivity index (χ2n) is 10.3. The summed E-state index contributed by atoms with van der Waals surface area (Å²) in [4.78, 5) is 24.6. The minimum atomic E-state index is -2.82. The number of alkyl carbamates (subject to hydrolysis) is 1. The molecule has 0 saturated carbocycles.